The lowest BCUT2D eigenvalue weighted by Crippen LogP contribution is -2.53. The van der Waals surface area contributed by atoms with Crippen molar-refractivity contribution in [2.75, 3.05) is 6.54 Å². The summed E-state index contributed by atoms with van der Waals surface area (Å²) in [5.74, 6) is 0. The average molecular weight is 536 g/mol. The van der Waals surface area contributed by atoms with Crippen LogP contribution in [0.3, 0.4) is 0 Å². The molecule has 0 bridgehead atoms. The maximum absolute atomic E-state index is 13.2. The third-order valence-corrected chi connectivity index (χ3v) is 7.84. The average Bonchev–Trinajstić information content (AvgIpc) is 2.73. The molecule has 2 N–H and O–H groups in total. The SMILES string of the molecule is C=C(C)C[C@@](CCN(C(=O)O)C(C)c1ccc(Br)cc1)(N[S@+]([O-])C(C)(C)C)c1ccccc1. The predicted octanol–water partition coefficient (Wildman–Crippen LogP) is 6.79. The van der Waals surface area contributed by atoms with Crippen LogP contribution < -0.4 is 4.72 Å². The minimum absolute atomic E-state index is 0.267. The van der Waals surface area contributed by atoms with E-state index in [1.54, 1.807) is 0 Å². The van der Waals surface area contributed by atoms with Gasteiger partial charge >= 0.3 is 6.09 Å². The fraction of sp³-hybridized carbons (Fsp3) is 0.423. The minimum atomic E-state index is -1.36. The Morgan fingerprint density at radius 3 is 2.24 bits per heavy atom. The largest absolute Gasteiger partial charge is 0.598 e. The molecule has 180 valence electrons. The second-order valence-corrected chi connectivity index (χ2v) is 12.4. The van der Waals surface area contributed by atoms with Gasteiger partial charge in [-0.05, 0) is 70.7 Å². The Hall–Kier alpha value is -1.80. The molecule has 3 atom stereocenters. The topological polar surface area (TPSA) is 75.6 Å². The summed E-state index contributed by atoms with van der Waals surface area (Å²) in [7, 11) is 0. The Bertz CT molecular complexity index is 931. The summed E-state index contributed by atoms with van der Waals surface area (Å²) in [6.07, 6.45) is -0.00249. The number of hydrogen-bond acceptors (Lipinski definition) is 3. The van der Waals surface area contributed by atoms with Crippen molar-refractivity contribution in [3.63, 3.8) is 0 Å². The summed E-state index contributed by atoms with van der Waals surface area (Å²) >= 11 is 2.07. The lowest BCUT2D eigenvalue weighted by Gasteiger charge is -2.40. The van der Waals surface area contributed by atoms with E-state index in [-0.39, 0.29) is 12.6 Å². The van der Waals surface area contributed by atoms with Gasteiger partial charge in [-0.15, -0.1) is 11.3 Å². The summed E-state index contributed by atoms with van der Waals surface area (Å²) in [6.45, 7) is 14.0. The van der Waals surface area contributed by atoms with Crippen LogP contribution >= 0.6 is 15.9 Å². The molecule has 0 saturated carbocycles. The van der Waals surface area contributed by atoms with Gasteiger partial charge in [0.2, 0.25) is 0 Å². The van der Waals surface area contributed by atoms with Crippen molar-refractivity contribution in [1.82, 2.24) is 9.62 Å². The number of nitrogens with zero attached hydrogens (tertiary/aromatic N) is 1. The summed E-state index contributed by atoms with van der Waals surface area (Å²) in [6, 6.07) is 17.2. The lowest BCUT2D eigenvalue weighted by atomic mass is 9.82. The molecule has 0 aliphatic heterocycles. The van der Waals surface area contributed by atoms with E-state index >= 15 is 0 Å². The molecule has 0 aromatic heterocycles. The summed E-state index contributed by atoms with van der Waals surface area (Å²) in [5.41, 5.74) is 2.09. The van der Waals surface area contributed by atoms with Gasteiger partial charge in [0.05, 0.1) is 11.6 Å². The third-order valence-electron chi connectivity index (χ3n) is 5.62. The van der Waals surface area contributed by atoms with Gasteiger partial charge in [-0.3, -0.25) is 0 Å². The van der Waals surface area contributed by atoms with Crippen molar-refractivity contribution < 1.29 is 14.5 Å². The van der Waals surface area contributed by atoms with Gasteiger partial charge in [-0.1, -0.05) is 64.0 Å². The fourth-order valence-electron chi connectivity index (χ4n) is 3.77. The number of nitrogens with one attached hydrogen (secondary N) is 1. The van der Waals surface area contributed by atoms with E-state index in [0.29, 0.717) is 12.8 Å². The van der Waals surface area contributed by atoms with Crippen molar-refractivity contribution in [2.45, 2.75) is 63.8 Å². The molecule has 0 heterocycles. The van der Waals surface area contributed by atoms with Crippen molar-refractivity contribution >= 4 is 33.4 Å². The first-order chi connectivity index (χ1) is 15.4. The summed E-state index contributed by atoms with van der Waals surface area (Å²) < 4.78 is 17.1. The van der Waals surface area contributed by atoms with Gasteiger partial charge < -0.3 is 14.6 Å². The summed E-state index contributed by atoms with van der Waals surface area (Å²) in [5, 5.41) is 10.0. The van der Waals surface area contributed by atoms with Crippen LogP contribution in [0.5, 0.6) is 0 Å². The first kappa shape index (κ1) is 27.4. The number of rotatable bonds is 10. The van der Waals surface area contributed by atoms with Crippen LogP contribution in [-0.2, 0) is 16.9 Å². The van der Waals surface area contributed by atoms with E-state index in [4.69, 9.17) is 0 Å². The molecule has 0 saturated heterocycles. The normalized spacial score (nSPS) is 15.4. The predicted molar refractivity (Wildman–Crippen MR) is 140 cm³/mol. The van der Waals surface area contributed by atoms with Crippen LogP contribution in [0.4, 0.5) is 4.79 Å². The molecule has 2 aromatic carbocycles. The molecule has 0 aliphatic rings. The minimum Gasteiger partial charge on any atom is -0.598 e. The molecule has 1 unspecified atom stereocenters. The van der Waals surface area contributed by atoms with E-state index in [0.717, 1.165) is 21.2 Å². The second kappa shape index (κ2) is 11.6. The van der Waals surface area contributed by atoms with Crippen molar-refractivity contribution in [1.29, 1.82) is 0 Å². The highest BCUT2D eigenvalue weighted by Gasteiger charge is 2.41. The molecule has 0 aliphatic carbocycles. The van der Waals surface area contributed by atoms with Crippen molar-refractivity contribution in [3.8, 4) is 0 Å². The molecule has 7 heteroatoms. The summed E-state index contributed by atoms with van der Waals surface area (Å²) in [4.78, 5) is 13.7. The van der Waals surface area contributed by atoms with Gasteiger partial charge in [0.15, 0.2) is 0 Å². The highest BCUT2D eigenvalue weighted by atomic mass is 79.9. The molecule has 0 fully saturated rings. The van der Waals surface area contributed by atoms with Crippen LogP contribution in [-0.4, -0.2) is 31.9 Å². The number of hydrogen-bond donors (Lipinski definition) is 2. The Morgan fingerprint density at radius 1 is 1.18 bits per heavy atom. The van der Waals surface area contributed by atoms with E-state index in [1.807, 2.05) is 89.2 Å². The molecule has 0 radical (unpaired) electrons. The number of amides is 1. The molecule has 33 heavy (non-hydrogen) atoms. The van der Waals surface area contributed by atoms with E-state index in [2.05, 4.69) is 27.2 Å². The molecule has 0 spiro atoms. The maximum atomic E-state index is 13.2. The zero-order chi connectivity index (χ0) is 24.8. The number of benzene rings is 2. The highest BCUT2D eigenvalue weighted by molar-refractivity contribution is 9.10. The van der Waals surface area contributed by atoms with E-state index in [1.165, 1.54) is 4.90 Å². The van der Waals surface area contributed by atoms with Crippen LogP contribution in [0.2, 0.25) is 0 Å². The van der Waals surface area contributed by atoms with Gasteiger partial charge in [-0.2, -0.15) is 0 Å². The lowest BCUT2D eigenvalue weighted by molar-refractivity contribution is 0.121. The number of carbonyl (C=O) groups is 1. The molecule has 5 nitrogen and oxygen atoms in total. The van der Waals surface area contributed by atoms with Gasteiger partial charge in [0.1, 0.15) is 4.75 Å². The molecule has 2 aromatic rings. The quantitative estimate of drug-likeness (QED) is 0.259. The van der Waals surface area contributed by atoms with E-state index < -0.39 is 27.7 Å². The third kappa shape index (κ3) is 7.60. The van der Waals surface area contributed by atoms with Crippen LogP contribution in [0.15, 0.2) is 71.2 Å². The molecule has 2 rings (SSSR count). The maximum Gasteiger partial charge on any atom is 0.407 e. The molecular formula is C26H35BrN2O3S. The monoisotopic (exact) mass is 534 g/mol. The zero-order valence-electron chi connectivity index (χ0n) is 20.1. The smallest absolute Gasteiger partial charge is 0.407 e. The molecular weight excluding hydrogens is 500 g/mol. The molecule has 1 amide bonds. The van der Waals surface area contributed by atoms with Gasteiger partial charge in [-0.25, -0.2) is 4.79 Å². The Morgan fingerprint density at radius 2 is 1.76 bits per heavy atom. The fourth-order valence-corrected chi connectivity index (χ4v) is 4.99. The Kier molecular flexibility index (Phi) is 9.61. The number of carboxylic acid groups (broad SMARTS) is 1. The highest BCUT2D eigenvalue weighted by Crippen LogP contribution is 2.36. The Balaban J connectivity index is 2.43. The van der Waals surface area contributed by atoms with Gasteiger partial charge in [0, 0.05) is 22.4 Å². The van der Waals surface area contributed by atoms with Crippen LogP contribution in [0.25, 0.3) is 0 Å². The van der Waals surface area contributed by atoms with Crippen LogP contribution in [0, 0.1) is 0 Å². The first-order valence-electron chi connectivity index (χ1n) is 11.0. The first-order valence-corrected chi connectivity index (χ1v) is 12.9. The second-order valence-electron chi connectivity index (χ2n) is 9.52. The standard InChI is InChI=1S/C26H35BrN2O3S/c1-19(2)18-26(22-10-8-7-9-11-22,28-33(32)25(4,5)6)16-17-29(24(30)31)20(3)21-12-14-23(27)15-13-21/h7-15,20,28H,1,16-18H2,2-6H3,(H,30,31)/t20?,26-,33-/m1/s1. The number of halogens is 1. The van der Waals surface area contributed by atoms with Crippen LogP contribution in [0.1, 0.15) is 64.6 Å². The van der Waals surface area contributed by atoms with E-state index in [9.17, 15) is 14.5 Å². The Labute approximate surface area is 209 Å². The van der Waals surface area contributed by atoms with Crippen molar-refractivity contribution in [2.24, 2.45) is 0 Å². The van der Waals surface area contributed by atoms with Gasteiger partial charge in [0.25, 0.3) is 0 Å². The van der Waals surface area contributed by atoms with Crippen molar-refractivity contribution in [3.05, 3.63) is 82.3 Å². The zero-order valence-corrected chi connectivity index (χ0v) is 22.5.